The smallest absolute Gasteiger partial charge is 0.0237 e. The number of piperidine rings is 1. The summed E-state index contributed by atoms with van der Waals surface area (Å²) < 4.78 is 0. The van der Waals surface area contributed by atoms with Crippen molar-refractivity contribution in [2.45, 2.75) is 32.2 Å². The minimum Gasteiger partial charge on any atom is -0.315 e. The van der Waals surface area contributed by atoms with Gasteiger partial charge in [-0.25, -0.2) is 0 Å². The van der Waals surface area contributed by atoms with Crippen molar-refractivity contribution < 1.29 is 0 Å². The topological polar surface area (TPSA) is 15.3 Å². The van der Waals surface area contributed by atoms with Crippen molar-refractivity contribution in [2.24, 2.45) is 0 Å². The van der Waals surface area contributed by atoms with Gasteiger partial charge in [0.25, 0.3) is 0 Å². The van der Waals surface area contributed by atoms with E-state index in [9.17, 15) is 0 Å². The van der Waals surface area contributed by atoms with Crippen molar-refractivity contribution >= 4 is 5.57 Å². The zero-order valence-electron chi connectivity index (χ0n) is 12.1. The van der Waals surface area contributed by atoms with E-state index < -0.39 is 0 Å². The first kappa shape index (κ1) is 14.3. The summed E-state index contributed by atoms with van der Waals surface area (Å²) >= 11 is 0. The standard InChI is InChI=1S/C17H26N2/c1-3-12-19(17-10-7-11-18-13-17)14-15(2)16-8-5-4-6-9-16/h4-6,8-9,17-18H,2-3,7,10-14H2,1H3. The molecule has 1 heterocycles. The predicted molar refractivity (Wildman–Crippen MR) is 83.2 cm³/mol. The van der Waals surface area contributed by atoms with Crippen molar-refractivity contribution in [3.8, 4) is 0 Å². The van der Waals surface area contributed by atoms with Gasteiger partial charge in [-0.1, -0.05) is 43.8 Å². The van der Waals surface area contributed by atoms with E-state index in [0.717, 1.165) is 19.6 Å². The first-order valence-electron chi connectivity index (χ1n) is 7.49. The molecule has 1 aromatic carbocycles. The van der Waals surface area contributed by atoms with Crippen molar-refractivity contribution in [1.82, 2.24) is 10.2 Å². The fourth-order valence-electron chi connectivity index (χ4n) is 2.83. The van der Waals surface area contributed by atoms with E-state index in [1.54, 1.807) is 0 Å². The molecule has 19 heavy (non-hydrogen) atoms. The van der Waals surface area contributed by atoms with Crippen LogP contribution in [-0.4, -0.2) is 37.1 Å². The van der Waals surface area contributed by atoms with Crippen molar-refractivity contribution in [1.29, 1.82) is 0 Å². The summed E-state index contributed by atoms with van der Waals surface area (Å²) in [7, 11) is 0. The van der Waals surface area contributed by atoms with Crippen LogP contribution < -0.4 is 5.32 Å². The Bertz CT molecular complexity index is 380. The van der Waals surface area contributed by atoms with E-state index in [-0.39, 0.29) is 0 Å². The Kier molecular flexibility index (Phi) is 5.62. The molecule has 1 saturated heterocycles. The Balaban J connectivity index is 1.97. The van der Waals surface area contributed by atoms with Gasteiger partial charge in [-0.05, 0) is 43.5 Å². The number of nitrogens with zero attached hydrogens (tertiary/aromatic N) is 1. The number of benzene rings is 1. The summed E-state index contributed by atoms with van der Waals surface area (Å²) in [5, 5.41) is 3.52. The van der Waals surface area contributed by atoms with E-state index in [1.165, 1.54) is 36.9 Å². The van der Waals surface area contributed by atoms with Crippen LogP contribution in [0.15, 0.2) is 36.9 Å². The Hall–Kier alpha value is -1.12. The Morgan fingerprint density at radius 2 is 2.16 bits per heavy atom. The van der Waals surface area contributed by atoms with Crippen LogP contribution in [0.5, 0.6) is 0 Å². The molecule has 1 N–H and O–H groups in total. The molecular formula is C17H26N2. The summed E-state index contributed by atoms with van der Waals surface area (Å²) in [6, 6.07) is 11.2. The maximum Gasteiger partial charge on any atom is 0.0237 e. The molecule has 2 heteroatoms. The minimum atomic E-state index is 0.675. The number of hydrogen-bond acceptors (Lipinski definition) is 2. The van der Waals surface area contributed by atoms with Gasteiger partial charge in [-0.3, -0.25) is 4.90 Å². The van der Waals surface area contributed by atoms with E-state index in [1.807, 2.05) is 0 Å². The molecule has 1 fully saturated rings. The lowest BCUT2D eigenvalue weighted by Crippen LogP contribution is -2.46. The van der Waals surface area contributed by atoms with Gasteiger partial charge in [0.05, 0.1) is 0 Å². The third kappa shape index (κ3) is 4.19. The van der Waals surface area contributed by atoms with Gasteiger partial charge in [-0.2, -0.15) is 0 Å². The summed E-state index contributed by atoms with van der Waals surface area (Å²) in [6.45, 7) is 11.0. The zero-order chi connectivity index (χ0) is 13.5. The van der Waals surface area contributed by atoms with Crippen LogP contribution in [0.25, 0.3) is 5.57 Å². The summed E-state index contributed by atoms with van der Waals surface area (Å²) in [5.74, 6) is 0. The lowest BCUT2D eigenvalue weighted by molar-refractivity contribution is 0.186. The second-order valence-electron chi connectivity index (χ2n) is 5.44. The highest BCUT2D eigenvalue weighted by Gasteiger charge is 2.20. The van der Waals surface area contributed by atoms with Gasteiger partial charge in [0.2, 0.25) is 0 Å². The molecule has 0 spiro atoms. The second kappa shape index (κ2) is 7.46. The summed E-state index contributed by atoms with van der Waals surface area (Å²) in [6.07, 6.45) is 3.82. The first-order valence-corrected chi connectivity index (χ1v) is 7.49. The highest BCUT2D eigenvalue weighted by molar-refractivity contribution is 5.64. The maximum absolute atomic E-state index is 4.28. The molecule has 0 amide bonds. The van der Waals surface area contributed by atoms with E-state index in [2.05, 4.69) is 54.1 Å². The van der Waals surface area contributed by atoms with Gasteiger partial charge in [0.15, 0.2) is 0 Å². The summed E-state index contributed by atoms with van der Waals surface area (Å²) in [4.78, 5) is 2.60. The molecule has 0 radical (unpaired) electrons. The van der Waals surface area contributed by atoms with Gasteiger partial charge in [-0.15, -0.1) is 0 Å². The monoisotopic (exact) mass is 258 g/mol. The highest BCUT2D eigenvalue weighted by Crippen LogP contribution is 2.18. The van der Waals surface area contributed by atoms with Crippen LogP contribution in [0.4, 0.5) is 0 Å². The molecule has 0 aliphatic carbocycles. The second-order valence-corrected chi connectivity index (χ2v) is 5.44. The Morgan fingerprint density at radius 3 is 2.79 bits per heavy atom. The fraction of sp³-hybridized carbons (Fsp3) is 0.529. The molecule has 1 unspecified atom stereocenters. The fourth-order valence-corrected chi connectivity index (χ4v) is 2.83. The third-order valence-electron chi connectivity index (χ3n) is 3.87. The molecule has 0 aromatic heterocycles. The molecule has 1 aliphatic rings. The highest BCUT2D eigenvalue weighted by atomic mass is 15.2. The zero-order valence-corrected chi connectivity index (χ0v) is 12.1. The molecule has 0 saturated carbocycles. The van der Waals surface area contributed by atoms with E-state index in [0.29, 0.717) is 6.04 Å². The summed E-state index contributed by atoms with van der Waals surface area (Å²) in [5.41, 5.74) is 2.51. The third-order valence-corrected chi connectivity index (χ3v) is 3.87. The van der Waals surface area contributed by atoms with E-state index >= 15 is 0 Å². The average molecular weight is 258 g/mol. The quantitative estimate of drug-likeness (QED) is 0.843. The largest absolute Gasteiger partial charge is 0.315 e. The molecule has 1 aromatic rings. The first-order chi connectivity index (χ1) is 9.31. The number of nitrogens with one attached hydrogen (secondary N) is 1. The van der Waals surface area contributed by atoms with Gasteiger partial charge in [0, 0.05) is 19.1 Å². The Labute approximate surface area is 117 Å². The van der Waals surface area contributed by atoms with E-state index in [4.69, 9.17) is 0 Å². The molecule has 1 atom stereocenters. The van der Waals surface area contributed by atoms with Gasteiger partial charge >= 0.3 is 0 Å². The van der Waals surface area contributed by atoms with Crippen LogP contribution >= 0.6 is 0 Å². The average Bonchev–Trinajstić information content (AvgIpc) is 2.48. The maximum atomic E-state index is 4.28. The van der Waals surface area contributed by atoms with Crippen LogP contribution in [0, 0.1) is 0 Å². The lowest BCUT2D eigenvalue weighted by Gasteiger charge is -2.35. The number of hydrogen-bond donors (Lipinski definition) is 1. The van der Waals surface area contributed by atoms with Crippen LogP contribution in [0.3, 0.4) is 0 Å². The molecule has 0 bridgehead atoms. The minimum absolute atomic E-state index is 0.675. The molecule has 2 rings (SSSR count). The molecular weight excluding hydrogens is 232 g/mol. The number of rotatable bonds is 6. The van der Waals surface area contributed by atoms with Crippen molar-refractivity contribution in [2.75, 3.05) is 26.2 Å². The predicted octanol–water partition coefficient (Wildman–Crippen LogP) is 3.16. The van der Waals surface area contributed by atoms with Crippen LogP contribution in [0.1, 0.15) is 31.7 Å². The van der Waals surface area contributed by atoms with Crippen LogP contribution in [-0.2, 0) is 0 Å². The normalized spacial score (nSPS) is 19.6. The molecule has 1 aliphatic heterocycles. The molecule has 2 nitrogen and oxygen atoms in total. The molecule has 104 valence electrons. The van der Waals surface area contributed by atoms with Crippen molar-refractivity contribution in [3.05, 3.63) is 42.5 Å². The Morgan fingerprint density at radius 1 is 1.37 bits per heavy atom. The van der Waals surface area contributed by atoms with Gasteiger partial charge in [0.1, 0.15) is 0 Å². The van der Waals surface area contributed by atoms with Crippen LogP contribution in [0.2, 0.25) is 0 Å². The van der Waals surface area contributed by atoms with Gasteiger partial charge < -0.3 is 5.32 Å². The lowest BCUT2D eigenvalue weighted by atomic mass is 10.0. The SMILES string of the molecule is C=C(CN(CCC)C1CCCNC1)c1ccccc1. The van der Waals surface area contributed by atoms with Crippen molar-refractivity contribution in [3.63, 3.8) is 0 Å².